The standard InChI is InChI=1S/C17H16ClNO3S/c18-11-2-1-3-12(8-11)23(20,21)13-4-5-15-14-6-7-19-16(14)10-22-17(15)9-13/h1-5,8-9,14,16,19H,6-7,10H2. The van der Waals surface area contributed by atoms with Crippen molar-refractivity contribution in [3.05, 3.63) is 53.1 Å². The van der Waals surface area contributed by atoms with Gasteiger partial charge in [-0.15, -0.1) is 0 Å². The van der Waals surface area contributed by atoms with Gasteiger partial charge in [0, 0.05) is 17.0 Å². The van der Waals surface area contributed by atoms with Gasteiger partial charge in [0.1, 0.15) is 12.4 Å². The lowest BCUT2D eigenvalue weighted by atomic mass is 9.90. The van der Waals surface area contributed by atoms with Crippen LogP contribution in [0.1, 0.15) is 17.9 Å². The fraction of sp³-hybridized carbons (Fsp3) is 0.294. The number of benzene rings is 2. The van der Waals surface area contributed by atoms with Crippen molar-refractivity contribution < 1.29 is 13.2 Å². The highest BCUT2D eigenvalue weighted by Gasteiger charge is 2.35. The van der Waals surface area contributed by atoms with E-state index in [0.29, 0.717) is 29.3 Å². The predicted molar refractivity (Wildman–Crippen MR) is 88.0 cm³/mol. The Labute approximate surface area is 140 Å². The summed E-state index contributed by atoms with van der Waals surface area (Å²) in [5.74, 6) is 1.08. The van der Waals surface area contributed by atoms with Crippen molar-refractivity contribution in [3.63, 3.8) is 0 Å². The lowest BCUT2D eigenvalue weighted by molar-refractivity contribution is 0.238. The van der Waals surface area contributed by atoms with Crippen LogP contribution >= 0.6 is 11.6 Å². The molecule has 2 aromatic rings. The number of nitrogens with one attached hydrogen (secondary N) is 1. The summed E-state index contributed by atoms with van der Waals surface area (Å²) in [4.78, 5) is 0.434. The first-order chi connectivity index (χ1) is 11.1. The molecule has 0 amide bonds. The van der Waals surface area contributed by atoms with Crippen LogP contribution in [-0.4, -0.2) is 27.6 Å². The molecule has 1 saturated heterocycles. The van der Waals surface area contributed by atoms with E-state index in [1.165, 1.54) is 6.07 Å². The third kappa shape index (κ3) is 2.53. The number of hydrogen-bond donors (Lipinski definition) is 1. The molecular formula is C17H16ClNO3S. The molecule has 1 fully saturated rings. The maximum absolute atomic E-state index is 12.8. The van der Waals surface area contributed by atoms with Gasteiger partial charge >= 0.3 is 0 Å². The van der Waals surface area contributed by atoms with Crippen molar-refractivity contribution in [2.24, 2.45) is 0 Å². The van der Waals surface area contributed by atoms with Gasteiger partial charge in [-0.3, -0.25) is 0 Å². The summed E-state index contributed by atoms with van der Waals surface area (Å²) in [6, 6.07) is 11.8. The van der Waals surface area contributed by atoms with E-state index in [1.807, 2.05) is 6.07 Å². The summed E-state index contributed by atoms with van der Waals surface area (Å²) in [6.45, 7) is 1.55. The van der Waals surface area contributed by atoms with Gasteiger partial charge < -0.3 is 10.1 Å². The van der Waals surface area contributed by atoms with Gasteiger partial charge in [0.05, 0.1) is 9.79 Å². The van der Waals surface area contributed by atoms with Gasteiger partial charge in [-0.1, -0.05) is 23.7 Å². The molecule has 2 atom stereocenters. The molecule has 2 aromatic carbocycles. The van der Waals surface area contributed by atoms with Crippen molar-refractivity contribution in [1.29, 1.82) is 0 Å². The number of rotatable bonds is 2. The number of sulfone groups is 1. The molecule has 2 aliphatic heterocycles. The molecule has 2 unspecified atom stereocenters. The lowest BCUT2D eigenvalue weighted by Gasteiger charge is -2.28. The molecule has 0 radical (unpaired) electrons. The molecule has 120 valence electrons. The summed E-state index contributed by atoms with van der Waals surface area (Å²) in [5, 5.41) is 3.82. The Balaban J connectivity index is 1.76. The number of fused-ring (bicyclic) bond motifs is 3. The Morgan fingerprint density at radius 1 is 1.13 bits per heavy atom. The van der Waals surface area contributed by atoms with E-state index < -0.39 is 9.84 Å². The van der Waals surface area contributed by atoms with Gasteiger partial charge in [0.2, 0.25) is 9.84 Å². The maximum atomic E-state index is 12.8. The van der Waals surface area contributed by atoms with E-state index in [1.54, 1.807) is 30.3 Å². The predicted octanol–water partition coefficient (Wildman–Crippen LogP) is 3.01. The van der Waals surface area contributed by atoms with Crippen LogP contribution in [0.15, 0.2) is 52.3 Å². The first-order valence-corrected chi connectivity index (χ1v) is 9.42. The Morgan fingerprint density at radius 2 is 1.96 bits per heavy atom. The number of ether oxygens (including phenoxy) is 1. The minimum atomic E-state index is -3.60. The second-order valence-electron chi connectivity index (χ2n) is 5.93. The average Bonchev–Trinajstić information content (AvgIpc) is 3.03. The Morgan fingerprint density at radius 3 is 2.78 bits per heavy atom. The van der Waals surface area contributed by atoms with Crippen LogP contribution in [0.5, 0.6) is 5.75 Å². The van der Waals surface area contributed by atoms with Crippen LogP contribution in [-0.2, 0) is 9.84 Å². The summed E-state index contributed by atoms with van der Waals surface area (Å²) < 4.78 is 31.3. The smallest absolute Gasteiger partial charge is 0.206 e. The van der Waals surface area contributed by atoms with E-state index in [4.69, 9.17) is 16.3 Å². The van der Waals surface area contributed by atoms with E-state index in [-0.39, 0.29) is 9.79 Å². The quantitative estimate of drug-likeness (QED) is 0.905. The maximum Gasteiger partial charge on any atom is 0.206 e. The first kappa shape index (κ1) is 15.0. The number of halogens is 1. The van der Waals surface area contributed by atoms with Crippen LogP contribution < -0.4 is 10.1 Å². The molecule has 4 rings (SSSR count). The third-order valence-corrected chi connectivity index (χ3v) is 6.55. The summed E-state index contributed by atoms with van der Waals surface area (Å²) in [5.41, 5.74) is 1.09. The van der Waals surface area contributed by atoms with Crippen LogP contribution in [0.3, 0.4) is 0 Å². The average molecular weight is 350 g/mol. The molecule has 23 heavy (non-hydrogen) atoms. The molecule has 0 aliphatic carbocycles. The highest BCUT2D eigenvalue weighted by molar-refractivity contribution is 7.91. The van der Waals surface area contributed by atoms with Crippen LogP contribution in [0.2, 0.25) is 5.02 Å². The zero-order valence-corrected chi connectivity index (χ0v) is 13.9. The minimum Gasteiger partial charge on any atom is -0.492 e. The lowest BCUT2D eigenvalue weighted by Crippen LogP contribution is -2.35. The Bertz CT molecular complexity index is 866. The van der Waals surface area contributed by atoms with Gasteiger partial charge in [-0.25, -0.2) is 8.42 Å². The van der Waals surface area contributed by atoms with Crippen LogP contribution in [0.25, 0.3) is 0 Å². The molecular weight excluding hydrogens is 334 g/mol. The second kappa shape index (κ2) is 5.51. The molecule has 2 aliphatic rings. The molecule has 4 nitrogen and oxygen atoms in total. The molecule has 0 bridgehead atoms. The van der Waals surface area contributed by atoms with Crippen molar-refractivity contribution in [3.8, 4) is 5.75 Å². The van der Waals surface area contributed by atoms with Crippen LogP contribution in [0.4, 0.5) is 0 Å². The molecule has 0 saturated carbocycles. The fourth-order valence-electron chi connectivity index (χ4n) is 3.38. The highest BCUT2D eigenvalue weighted by atomic mass is 35.5. The first-order valence-electron chi connectivity index (χ1n) is 7.56. The Hall–Kier alpha value is -1.56. The fourth-order valence-corrected chi connectivity index (χ4v) is 4.95. The zero-order chi connectivity index (χ0) is 16.0. The van der Waals surface area contributed by atoms with Crippen LogP contribution in [0, 0.1) is 0 Å². The molecule has 0 aromatic heterocycles. The molecule has 1 N–H and O–H groups in total. The van der Waals surface area contributed by atoms with Crippen molar-refractivity contribution in [2.75, 3.05) is 13.2 Å². The normalized spacial score (nSPS) is 23.0. The summed E-state index contributed by atoms with van der Waals surface area (Å²) in [6.07, 6.45) is 1.06. The largest absolute Gasteiger partial charge is 0.492 e. The third-order valence-electron chi connectivity index (χ3n) is 4.57. The van der Waals surface area contributed by atoms with E-state index in [9.17, 15) is 8.42 Å². The van der Waals surface area contributed by atoms with Gasteiger partial charge in [-0.2, -0.15) is 0 Å². The second-order valence-corrected chi connectivity index (χ2v) is 8.31. The minimum absolute atomic E-state index is 0.196. The van der Waals surface area contributed by atoms with E-state index in [2.05, 4.69) is 5.32 Å². The number of hydrogen-bond acceptors (Lipinski definition) is 4. The molecule has 0 spiro atoms. The Kier molecular flexibility index (Phi) is 3.59. The van der Waals surface area contributed by atoms with E-state index in [0.717, 1.165) is 18.5 Å². The monoisotopic (exact) mass is 349 g/mol. The van der Waals surface area contributed by atoms with Gasteiger partial charge in [0.15, 0.2) is 0 Å². The summed E-state index contributed by atoms with van der Waals surface area (Å²) >= 11 is 5.92. The zero-order valence-electron chi connectivity index (χ0n) is 12.3. The molecule has 6 heteroatoms. The summed E-state index contributed by atoms with van der Waals surface area (Å²) in [7, 11) is -3.60. The molecule has 2 heterocycles. The van der Waals surface area contributed by atoms with Gasteiger partial charge in [0.25, 0.3) is 0 Å². The van der Waals surface area contributed by atoms with E-state index >= 15 is 0 Å². The van der Waals surface area contributed by atoms with Gasteiger partial charge in [-0.05, 0) is 48.9 Å². The van der Waals surface area contributed by atoms with Crippen molar-refractivity contribution >= 4 is 21.4 Å². The van der Waals surface area contributed by atoms with Crippen molar-refractivity contribution in [2.45, 2.75) is 28.2 Å². The highest BCUT2D eigenvalue weighted by Crippen LogP contribution is 2.40. The van der Waals surface area contributed by atoms with Crippen molar-refractivity contribution in [1.82, 2.24) is 5.32 Å². The SMILES string of the molecule is O=S(=O)(c1cccc(Cl)c1)c1ccc2c(c1)OCC1NCCC21. The topological polar surface area (TPSA) is 55.4 Å².